The summed E-state index contributed by atoms with van der Waals surface area (Å²) in [5.74, 6) is 0. The van der Waals surface area contributed by atoms with Crippen LogP contribution >= 0.6 is 0 Å². The van der Waals surface area contributed by atoms with E-state index in [1.165, 1.54) is 16.7 Å². The van der Waals surface area contributed by atoms with Gasteiger partial charge in [-0.1, -0.05) is 18.2 Å². The van der Waals surface area contributed by atoms with Gasteiger partial charge in [-0.3, -0.25) is 9.88 Å². The highest BCUT2D eigenvalue weighted by atomic mass is 16.6. The number of carboxylic acid groups (broad SMARTS) is 1. The van der Waals surface area contributed by atoms with Gasteiger partial charge < -0.3 is 25.0 Å². The lowest BCUT2D eigenvalue weighted by Crippen LogP contribution is -2.51. The zero-order chi connectivity index (χ0) is 27.7. The topological polar surface area (TPSA) is 98.2 Å². The molecule has 2 N–H and O–H groups in total. The Morgan fingerprint density at radius 1 is 1.15 bits per heavy atom. The quantitative estimate of drug-likeness (QED) is 0.594. The van der Waals surface area contributed by atoms with E-state index in [9.17, 15) is 14.7 Å². The zero-order valence-corrected chi connectivity index (χ0v) is 23.6. The molecule has 0 spiro atoms. The van der Waals surface area contributed by atoms with Crippen LogP contribution in [0.5, 0.6) is 0 Å². The maximum atomic E-state index is 12.5. The third-order valence-electron chi connectivity index (χ3n) is 7.99. The number of hydrogen-bond acceptors (Lipinski definition) is 6. The molecule has 9 heteroatoms. The molecule has 3 heterocycles. The summed E-state index contributed by atoms with van der Waals surface area (Å²) in [6.45, 7) is 11.3. The lowest BCUT2D eigenvalue weighted by Gasteiger charge is -2.41. The number of ether oxygens (including phenoxy) is 1. The smallest absolute Gasteiger partial charge is 0.410 e. The van der Waals surface area contributed by atoms with Crippen LogP contribution in [0.4, 0.5) is 15.3 Å². The summed E-state index contributed by atoms with van der Waals surface area (Å²) in [6, 6.07) is 8.38. The lowest BCUT2D eigenvalue weighted by molar-refractivity contribution is 0.0240. The van der Waals surface area contributed by atoms with E-state index in [0.717, 1.165) is 36.2 Å². The maximum Gasteiger partial charge on any atom is 0.410 e. The molecular formula is C30H41N5O4. The first-order valence-electron chi connectivity index (χ1n) is 14.1. The average molecular weight is 536 g/mol. The number of nitrogens with one attached hydrogen (secondary N) is 1. The Morgan fingerprint density at radius 3 is 2.64 bits per heavy atom. The maximum absolute atomic E-state index is 12.5. The fourth-order valence-electron chi connectivity index (χ4n) is 6.09. The number of fused-ring (bicyclic) bond motifs is 2. The van der Waals surface area contributed by atoms with E-state index >= 15 is 0 Å². The second-order valence-electron chi connectivity index (χ2n) is 12.0. The van der Waals surface area contributed by atoms with Gasteiger partial charge in [0.15, 0.2) is 0 Å². The number of aromatic nitrogens is 1. The molecule has 2 aromatic rings. The largest absolute Gasteiger partial charge is 0.465 e. The van der Waals surface area contributed by atoms with E-state index in [-0.39, 0.29) is 18.2 Å². The fourth-order valence-corrected chi connectivity index (χ4v) is 6.09. The number of carbonyl (C=O) groups is 2. The Hall–Kier alpha value is -3.33. The van der Waals surface area contributed by atoms with Crippen molar-refractivity contribution >= 4 is 17.9 Å². The van der Waals surface area contributed by atoms with Gasteiger partial charge in [-0.15, -0.1) is 0 Å². The number of anilines is 1. The van der Waals surface area contributed by atoms with E-state index in [2.05, 4.69) is 29.3 Å². The molecule has 0 radical (unpaired) electrons. The van der Waals surface area contributed by atoms with Crippen molar-refractivity contribution in [2.24, 2.45) is 0 Å². The molecule has 3 aliphatic rings. The van der Waals surface area contributed by atoms with Crippen LogP contribution < -0.4 is 10.2 Å². The SMILES string of the molecule is Cc1cnc2c(c1)CCCC2NCC1Cc2c(cccc2N2CCN(C(=O)OC(C)(C)C)CC2)CN1C(=O)O. The van der Waals surface area contributed by atoms with E-state index < -0.39 is 11.7 Å². The number of carbonyl (C=O) groups excluding carboxylic acids is 1. The van der Waals surface area contributed by atoms with Gasteiger partial charge in [0.05, 0.1) is 11.7 Å². The summed E-state index contributed by atoms with van der Waals surface area (Å²) < 4.78 is 5.56. The molecule has 1 aliphatic carbocycles. The first-order chi connectivity index (χ1) is 18.6. The van der Waals surface area contributed by atoms with Gasteiger partial charge in [0, 0.05) is 57.2 Å². The van der Waals surface area contributed by atoms with Crippen molar-refractivity contribution in [2.45, 2.75) is 77.6 Å². The van der Waals surface area contributed by atoms with Crippen molar-refractivity contribution in [2.75, 3.05) is 37.6 Å². The molecule has 1 fully saturated rings. The molecule has 1 saturated heterocycles. The molecule has 5 rings (SSSR count). The van der Waals surface area contributed by atoms with E-state index in [1.54, 1.807) is 9.80 Å². The number of amides is 2. The van der Waals surface area contributed by atoms with Crippen LogP contribution in [0.3, 0.4) is 0 Å². The molecule has 210 valence electrons. The number of rotatable bonds is 4. The van der Waals surface area contributed by atoms with Crippen molar-refractivity contribution in [1.82, 2.24) is 20.1 Å². The third-order valence-corrected chi connectivity index (χ3v) is 7.99. The molecule has 39 heavy (non-hydrogen) atoms. The van der Waals surface area contributed by atoms with Crippen LogP contribution in [0.2, 0.25) is 0 Å². The Morgan fingerprint density at radius 2 is 1.92 bits per heavy atom. The highest BCUT2D eigenvalue weighted by Crippen LogP contribution is 2.33. The van der Waals surface area contributed by atoms with E-state index in [4.69, 9.17) is 9.72 Å². The summed E-state index contributed by atoms with van der Waals surface area (Å²) in [5.41, 5.74) is 6.48. The number of piperazine rings is 1. The van der Waals surface area contributed by atoms with Crippen molar-refractivity contribution in [3.8, 4) is 0 Å². The van der Waals surface area contributed by atoms with Gasteiger partial charge >= 0.3 is 12.2 Å². The summed E-state index contributed by atoms with van der Waals surface area (Å²) in [4.78, 5) is 35.2. The van der Waals surface area contributed by atoms with Crippen LogP contribution in [-0.2, 0) is 24.1 Å². The Labute approximate surface area is 231 Å². The fraction of sp³-hybridized carbons (Fsp3) is 0.567. The molecule has 1 aromatic heterocycles. The number of aryl methyl sites for hydroxylation is 2. The summed E-state index contributed by atoms with van der Waals surface area (Å²) in [7, 11) is 0. The second-order valence-corrected chi connectivity index (χ2v) is 12.0. The van der Waals surface area contributed by atoms with Gasteiger partial charge in [0.2, 0.25) is 0 Å². The van der Waals surface area contributed by atoms with Crippen LogP contribution in [0, 0.1) is 6.92 Å². The standard InChI is InChI=1S/C30H41N5O4/c1-20-15-21-7-5-9-25(27(21)32-17-20)31-18-23-16-24-22(19-35(23)28(36)37)8-6-10-26(24)33-11-13-34(14-12-33)29(38)39-30(2,3)4/h6,8,10,15,17,23,25,31H,5,7,9,11-14,16,18-19H2,1-4H3,(H,36,37). The summed E-state index contributed by atoms with van der Waals surface area (Å²) >= 11 is 0. The molecule has 2 aliphatic heterocycles. The van der Waals surface area contributed by atoms with Crippen molar-refractivity contribution < 1.29 is 19.4 Å². The lowest BCUT2D eigenvalue weighted by atomic mass is 9.89. The third kappa shape index (κ3) is 6.13. The van der Waals surface area contributed by atoms with Gasteiger partial charge in [-0.05, 0) is 81.7 Å². The number of hydrogen-bond donors (Lipinski definition) is 2. The van der Waals surface area contributed by atoms with Crippen LogP contribution in [0.25, 0.3) is 0 Å². The highest BCUT2D eigenvalue weighted by molar-refractivity contribution is 5.70. The average Bonchev–Trinajstić information content (AvgIpc) is 2.89. The Kier molecular flexibility index (Phi) is 7.71. The van der Waals surface area contributed by atoms with Crippen molar-refractivity contribution in [1.29, 1.82) is 0 Å². The van der Waals surface area contributed by atoms with Crippen molar-refractivity contribution in [3.05, 3.63) is 58.4 Å². The van der Waals surface area contributed by atoms with Gasteiger partial charge in [0.25, 0.3) is 0 Å². The van der Waals surface area contributed by atoms with Gasteiger partial charge in [-0.25, -0.2) is 9.59 Å². The summed E-state index contributed by atoms with van der Waals surface area (Å²) in [5, 5.41) is 13.7. The first-order valence-corrected chi connectivity index (χ1v) is 14.1. The number of benzene rings is 1. The minimum absolute atomic E-state index is 0.141. The second kappa shape index (κ2) is 11.0. The van der Waals surface area contributed by atoms with Gasteiger partial charge in [-0.2, -0.15) is 0 Å². The number of pyridine rings is 1. The van der Waals surface area contributed by atoms with Crippen LogP contribution in [0.15, 0.2) is 30.5 Å². The zero-order valence-electron chi connectivity index (χ0n) is 23.6. The van der Waals surface area contributed by atoms with Gasteiger partial charge in [0.1, 0.15) is 5.60 Å². The minimum Gasteiger partial charge on any atom is -0.465 e. The molecule has 2 atom stereocenters. The van der Waals surface area contributed by atoms with E-state index in [1.807, 2.05) is 39.1 Å². The van der Waals surface area contributed by atoms with Crippen molar-refractivity contribution in [3.63, 3.8) is 0 Å². The Bertz CT molecular complexity index is 1220. The summed E-state index contributed by atoms with van der Waals surface area (Å²) in [6.07, 6.45) is 4.57. The van der Waals surface area contributed by atoms with Crippen LogP contribution in [-0.4, -0.2) is 76.4 Å². The molecule has 0 saturated carbocycles. The molecule has 9 nitrogen and oxygen atoms in total. The highest BCUT2D eigenvalue weighted by Gasteiger charge is 2.34. The monoisotopic (exact) mass is 535 g/mol. The molecule has 0 bridgehead atoms. The van der Waals surface area contributed by atoms with E-state index in [0.29, 0.717) is 45.7 Å². The molecule has 1 aromatic carbocycles. The molecule has 2 unspecified atom stereocenters. The Balaban J connectivity index is 1.29. The predicted octanol–water partition coefficient (Wildman–Crippen LogP) is 4.52. The predicted molar refractivity (Wildman–Crippen MR) is 150 cm³/mol. The molecular weight excluding hydrogens is 494 g/mol. The molecule has 2 amide bonds. The number of nitrogens with zero attached hydrogens (tertiary/aromatic N) is 4. The normalized spacial score (nSPS) is 21.3. The first kappa shape index (κ1) is 27.2. The minimum atomic E-state index is -0.887. The van der Waals surface area contributed by atoms with Crippen LogP contribution in [0.1, 0.15) is 67.6 Å².